The number of ether oxygens (including phenoxy) is 5. The lowest BCUT2D eigenvalue weighted by Crippen LogP contribution is -2.33. The van der Waals surface area contributed by atoms with Crippen molar-refractivity contribution in [3.8, 4) is 18.1 Å². The molecule has 2 aromatic rings. The first kappa shape index (κ1) is 34.9. The third-order valence-corrected chi connectivity index (χ3v) is 6.85. The molecule has 2 N–H and O–H groups in total. The first-order valence-corrected chi connectivity index (χ1v) is 15.3. The van der Waals surface area contributed by atoms with Crippen LogP contribution in [0.3, 0.4) is 0 Å². The highest BCUT2D eigenvalue weighted by Crippen LogP contribution is 2.37. The quantitative estimate of drug-likeness (QED) is 0.196. The smallest absolute Gasteiger partial charge is 0.407 e. The van der Waals surface area contributed by atoms with Gasteiger partial charge < -0.3 is 34.3 Å². The van der Waals surface area contributed by atoms with Crippen molar-refractivity contribution in [2.45, 2.75) is 83.9 Å². The van der Waals surface area contributed by atoms with Crippen LogP contribution < -0.4 is 15.4 Å². The largest absolute Gasteiger partial charge is 0.491 e. The number of alkyl carbamates (subject to hydrolysis) is 1. The molecule has 44 heavy (non-hydrogen) atoms. The summed E-state index contributed by atoms with van der Waals surface area (Å²) >= 11 is 0. The highest BCUT2D eigenvalue weighted by atomic mass is 16.6. The minimum absolute atomic E-state index is 0.0216. The Bertz CT molecular complexity index is 1230. The lowest BCUT2D eigenvalue weighted by molar-refractivity contribution is -0.115. The number of carbonyl (C=O) groups is 2. The van der Waals surface area contributed by atoms with E-state index >= 15 is 0 Å². The van der Waals surface area contributed by atoms with E-state index < -0.39 is 0 Å². The lowest BCUT2D eigenvalue weighted by atomic mass is 10.0. The fourth-order valence-electron chi connectivity index (χ4n) is 4.87. The van der Waals surface area contributed by atoms with Crippen molar-refractivity contribution in [3.05, 3.63) is 41.6 Å². The Labute approximate surface area is 261 Å². The summed E-state index contributed by atoms with van der Waals surface area (Å²) in [6.07, 6.45) is 7.05. The molecule has 1 aromatic carbocycles. The van der Waals surface area contributed by atoms with Crippen LogP contribution in [-0.4, -0.2) is 80.2 Å². The number of benzene rings is 1. The molecule has 2 atom stereocenters. The Balaban J connectivity index is 1.51. The Kier molecular flexibility index (Phi) is 14.0. The number of carbonyl (C=O) groups excluding carboxylic acids is 2. The van der Waals surface area contributed by atoms with E-state index in [1.165, 1.54) is 0 Å². The van der Waals surface area contributed by atoms with Gasteiger partial charge in [-0.1, -0.05) is 24.1 Å². The van der Waals surface area contributed by atoms with Crippen LogP contribution in [0.25, 0.3) is 0 Å². The molecule has 0 radical (unpaired) electrons. The molecule has 2 amide bonds. The number of rotatable bonds is 17. The van der Waals surface area contributed by atoms with E-state index in [0.29, 0.717) is 57.6 Å². The Morgan fingerprint density at radius 2 is 1.73 bits per heavy atom. The first-order chi connectivity index (χ1) is 21.1. The van der Waals surface area contributed by atoms with Gasteiger partial charge in [0.1, 0.15) is 30.9 Å². The predicted octanol–water partition coefficient (Wildman–Crippen LogP) is 4.65. The molecule has 1 aliphatic carbocycles. The van der Waals surface area contributed by atoms with Gasteiger partial charge in [0.15, 0.2) is 0 Å². The van der Waals surface area contributed by atoms with Gasteiger partial charge in [-0.3, -0.25) is 4.79 Å². The molecule has 0 aliphatic heterocycles. The van der Waals surface area contributed by atoms with Gasteiger partial charge in [0.2, 0.25) is 5.91 Å². The van der Waals surface area contributed by atoms with Gasteiger partial charge in [-0.2, -0.15) is 5.10 Å². The number of nitrogens with zero attached hydrogens (tertiary/aromatic N) is 2. The zero-order valence-electron chi connectivity index (χ0n) is 26.7. The molecule has 1 aliphatic rings. The number of hydrogen-bond donors (Lipinski definition) is 2. The maximum atomic E-state index is 13.2. The van der Waals surface area contributed by atoms with Crippen molar-refractivity contribution in [1.82, 2.24) is 15.1 Å². The molecular formula is C33H48N4O7. The highest BCUT2D eigenvalue weighted by Gasteiger charge is 2.32. The number of nitrogens with one attached hydrogen (secondary N) is 2. The van der Waals surface area contributed by atoms with Gasteiger partial charge in [0.05, 0.1) is 50.7 Å². The van der Waals surface area contributed by atoms with Gasteiger partial charge >= 0.3 is 6.09 Å². The van der Waals surface area contributed by atoms with Crippen LogP contribution in [0.2, 0.25) is 0 Å². The van der Waals surface area contributed by atoms with Crippen LogP contribution in [-0.2, 0) is 35.7 Å². The maximum Gasteiger partial charge on any atom is 0.407 e. The molecule has 3 rings (SSSR count). The SMILES string of the molecule is C#CCOCCOCCOCCOc1ccccc1CC(=O)Nc1cc(C2CCC(OC(=O)NC(C)C)C2)nn1C(C)(C)C. The molecule has 1 fully saturated rings. The molecule has 1 saturated carbocycles. The zero-order valence-corrected chi connectivity index (χ0v) is 26.7. The number of aromatic nitrogens is 2. The second-order valence-corrected chi connectivity index (χ2v) is 12.0. The van der Waals surface area contributed by atoms with E-state index in [0.717, 1.165) is 24.1 Å². The van der Waals surface area contributed by atoms with Crippen molar-refractivity contribution in [3.63, 3.8) is 0 Å². The average molecular weight is 613 g/mol. The number of amides is 2. The van der Waals surface area contributed by atoms with Crippen LogP contribution >= 0.6 is 0 Å². The van der Waals surface area contributed by atoms with E-state index in [1.54, 1.807) is 0 Å². The molecule has 0 bridgehead atoms. The monoisotopic (exact) mass is 612 g/mol. The van der Waals surface area contributed by atoms with E-state index in [4.69, 9.17) is 35.2 Å². The van der Waals surface area contributed by atoms with Crippen molar-refractivity contribution < 1.29 is 33.3 Å². The Morgan fingerprint density at radius 1 is 1.05 bits per heavy atom. The average Bonchev–Trinajstić information content (AvgIpc) is 3.59. The summed E-state index contributed by atoms with van der Waals surface area (Å²) in [5.41, 5.74) is 1.31. The summed E-state index contributed by atoms with van der Waals surface area (Å²) in [4.78, 5) is 25.3. The highest BCUT2D eigenvalue weighted by molar-refractivity contribution is 5.92. The summed E-state index contributed by atoms with van der Waals surface area (Å²) < 4.78 is 29.5. The standard InChI is InChI=1S/C33H48N4O7/c1-7-14-40-15-16-41-17-18-42-19-20-43-29-11-9-8-10-26(29)22-31(38)35-30-23-28(36-37(30)33(4,5)6)25-12-13-27(21-25)44-32(39)34-24(2)3/h1,8-11,23-25,27H,12-22H2,2-6H3,(H,34,39)(H,35,38). The van der Waals surface area contributed by atoms with Crippen LogP contribution in [0.1, 0.15) is 71.1 Å². The Morgan fingerprint density at radius 3 is 2.41 bits per heavy atom. The van der Waals surface area contributed by atoms with Gasteiger partial charge in [-0.05, 0) is 59.9 Å². The molecule has 1 aromatic heterocycles. The zero-order chi connectivity index (χ0) is 32.0. The molecule has 2 unspecified atom stereocenters. The van der Waals surface area contributed by atoms with Crippen LogP contribution in [0.5, 0.6) is 5.75 Å². The summed E-state index contributed by atoms with van der Waals surface area (Å²) in [6, 6.07) is 9.45. The van der Waals surface area contributed by atoms with E-state index in [-0.39, 0.29) is 48.6 Å². The second kappa shape index (κ2) is 17.6. The third kappa shape index (κ3) is 11.8. The normalized spacial score (nSPS) is 16.5. The lowest BCUT2D eigenvalue weighted by Gasteiger charge is -2.22. The molecule has 242 valence electrons. The van der Waals surface area contributed by atoms with Gasteiger partial charge in [0, 0.05) is 23.6 Å². The third-order valence-electron chi connectivity index (χ3n) is 6.85. The molecule has 0 saturated heterocycles. The fourth-order valence-corrected chi connectivity index (χ4v) is 4.87. The van der Waals surface area contributed by atoms with Crippen molar-refractivity contribution in [2.75, 3.05) is 51.6 Å². The molecule has 11 nitrogen and oxygen atoms in total. The summed E-state index contributed by atoms with van der Waals surface area (Å²) in [6.45, 7) is 12.8. The summed E-state index contributed by atoms with van der Waals surface area (Å²) in [5.74, 6) is 3.64. The van der Waals surface area contributed by atoms with Crippen LogP contribution in [0, 0.1) is 12.3 Å². The van der Waals surface area contributed by atoms with E-state index in [9.17, 15) is 9.59 Å². The maximum absolute atomic E-state index is 13.2. The molecule has 0 spiro atoms. The van der Waals surface area contributed by atoms with Crippen LogP contribution in [0.15, 0.2) is 30.3 Å². The topological polar surface area (TPSA) is 122 Å². The van der Waals surface area contributed by atoms with Gasteiger partial charge in [-0.15, -0.1) is 6.42 Å². The van der Waals surface area contributed by atoms with E-state index in [2.05, 4.69) is 16.6 Å². The van der Waals surface area contributed by atoms with Crippen molar-refractivity contribution in [1.29, 1.82) is 0 Å². The van der Waals surface area contributed by atoms with Gasteiger partial charge in [-0.25, -0.2) is 9.48 Å². The minimum Gasteiger partial charge on any atom is -0.491 e. The van der Waals surface area contributed by atoms with Crippen molar-refractivity contribution >= 4 is 17.8 Å². The van der Waals surface area contributed by atoms with Gasteiger partial charge in [0.25, 0.3) is 0 Å². The molecule has 1 heterocycles. The van der Waals surface area contributed by atoms with Crippen LogP contribution in [0.4, 0.5) is 10.6 Å². The predicted molar refractivity (Wildman–Crippen MR) is 168 cm³/mol. The van der Waals surface area contributed by atoms with Crippen molar-refractivity contribution in [2.24, 2.45) is 0 Å². The number of terminal acetylenes is 1. The van der Waals surface area contributed by atoms with E-state index in [1.807, 2.05) is 69.6 Å². The summed E-state index contributed by atoms with van der Waals surface area (Å²) in [5, 5.41) is 10.7. The summed E-state index contributed by atoms with van der Waals surface area (Å²) in [7, 11) is 0. The number of hydrogen-bond acceptors (Lipinski definition) is 8. The first-order valence-electron chi connectivity index (χ1n) is 15.3. The number of para-hydroxylation sites is 1. The Hall–Kier alpha value is -3.59. The second-order valence-electron chi connectivity index (χ2n) is 12.0. The minimum atomic E-state index is -0.389. The molecular weight excluding hydrogens is 564 g/mol. The fraction of sp³-hybridized carbons (Fsp3) is 0.606. The number of anilines is 1. The molecule has 11 heteroatoms.